The normalized spacial score (nSPS) is 13.7. The third kappa shape index (κ3) is 2.07. The Labute approximate surface area is 103 Å². The van der Waals surface area contributed by atoms with Crippen LogP contribution in [0.1, 0.15) is 18.1 Å². The van der Waals surface area contributed by atoms with Gasteiger partial charge in [0.25, 0.3) is 0 Å². The molecule has 1 aliphatic rings. The van der Waals surface area contributed by atoms with E-state index in [0.717, 1.165) is 27.1 Å². The van der Waals surface area contributed by atoms with E-state index in [1.54, 1.807) is 6.92 Å². The van der Waals surface area contributed by atoms with Gasteiger partial charge >= 0.3 is 0 Å². The molecule has 0 aliphatic carbocycles. The Balaban J connectivity index is 2.48. The molecule has 0 spiro atoms. The van der Waals surface area contributed by atoms with Crippen LogP contribution in [0.25, 0.3) is 0 Å². The van der Waals surface area contributed by atoms with Crippen LogP contribution in [0.2, 0.25) is 0 Å². The number of carbonyl (C=O) groups is 1. The van der Waals surface area contributed by atoms with Crippen LogP contribution in [0.15, 0.2) is 10.5 Å². The number of fused-ring (bicyclic) bond motifs is 1. The second-order valence-corrected chi connectivity index (χ2v) is 4.67. The first-order valence-corrected chi connectivity index (χ1v) is 5.96. The number of ketones is 1. The molecule has 0 radical (unpaired) electrons. The molecule has 4 heteroatoms. The van der Waals surface area contributed by atoms with Crippen molar-refractivity contribution in [1.29, 1.82) is 0 Å². The summed E-state index contributed by atoms with van der Waals surface area (Å²) in [5.41, 5.74) is 1.95. The Bertz CT molecular complexity index is 440. The molecular formula is C12H13BrO3. The summed E-state index contributed by atoms with van der Waals surface area (Å²) in [5, 5.41) is 0. The minimum atomic E-state index is 0.136. The lowest BCUT2D eigenvalue weighted by molar-refractivity contribution is -0.116. The number of ether oxygens (including phenoxy) is 2. The first-order valence-electron chi connectivity index (χ1n) is 5.16. The molecule has 3 nitrogen and oxygen atoms in total. The van der Waals surface area contributed by atoms with Gasteiger partial charge in [-0.2, -0.15) is 0 Å². The van der Waals surface area contributed by atoms with Crippen LogP contribution in [0, 0.1) is 6.92 Å². The average molecular weight is 285 g/mol. The van der Waals surface area contributed by atoms with Crippen molar-refractivity contribution < 1.29 is 14.3 Å². The Kier molecular flexibility index (Phi) is 3.19. The molecule has 0 amide bonds. The molecule has 1 aromatic rings. The van der Waals surface area contributed by atoms with Gasteiger partial charge in [-0.3, -0.25) is 4.79 Å². The summed E-state index contributed by atoms with van der Waals surface area (Å²) < 4.78 is 12.0. The van der Waals surface area contributed by atoms with Crippen LogP contribution in [0.4, 0.5) is 0 Å². The molecule has 1 aliphatic heterocycles. The zero-order chi connectivity index (χ0) is 11.7. The van der Waals surface area contributed by atoms with Crippen LogP contribution < -0.4 is 9.47 Å². The highest BCUT2D eigenvalue weighted by Crippen LogP contribution is 2.40. The summed E-state index contributed by atoms with van der Waals surface area (Å²) in [7, 11) is 0. The molecule has 0 aromatic heterocycles. The Morgan fingerprint density at radius 3 is 2.81 bits per heavy atom. The number of halogens is 1. The van der Waals surface area contributed by atoms with Crippen molar-refractivity contribution in [1.82, 2.24) is 0 Å². The van der Waals surface area contributed by atoms with Gasteiger partial charge in [-0.15, -0.1) is 0 Å². The zero-order valence-corrected chi connectivity index (χ0v) is 10.9. The van der Waals surface area contributed by atoms with Gasteiger partial charge in [0.05, 0.1) is 0 Å². The lowest BCUT2D eigenvalue weighted by Crippen LogP contribution is -2.17. The van der Waals surface area contributed by atoms with E-state index in [2.05, 4.69) is 15.9 Å². The second kappa shape index (κ2) is 4.45. The number of hydrogen-bond donors (Lipinski definition) is 0. The van der Waals surface area contributed by atoms with Crippen molar-refractivity contribution in [2.45, 2.75) is 20.3 Å². The number of hydrogen-bond acceptors (Lipinski definition) is 3. The Morgan fingerprint density at radius 2 is 2.12 bits per heavy atom. The molecule has 0 N–H and O–H groups in total. The molecule has 1 heterocycles. The first-order chi connectivity index (χ1) is 7.59. The van der Waals surface area contributed by atoms with Crippen LogP contribution in [0.3, 0.4) is 0 Å². The van der Waals surface area contributed by atoms with Crippen molar-refractivity contribution >= 4 is 21.7 Å². The van der Waals surface area contributed by atoms with Gasteiger partial charge in [0.15, 0.2) is 11.5 Å². The van der Waals surface area contributed by atoms with Crippen molar-refractivity contribution in [3.63, 3.8) is 0 Å². The third-order valence-electron chi connectivity index (χ3n) is 2.51. The molecule has 16 heavy (non-hydrogen) atoms. The number of benzene rings is 1. The zero-order valence-electron chi connectivity index (χ0n) is 9.30. The molecular weight excluding hydrogens is 272 g/mol. The molecule has 1 aromatic carbocycles. The van der Waals surface area contributed by atoms with E-state index in [4.69, 9.17) is 9.47 Å². The van der Waals surface area contributed by atoms with Crippen molar-refractivity contribution in [3.05, 3.63) is 21.7 Å². The highest BCUT2D eigenvalue weighted by Gasteiger charge is 2.19. The predicted molar refractivity (Wildman–Crippen MR) is 64.3 cm³/mol. The van der Waals surface area contributed by atoms with E-state index in [1.165, 1.54) is 0 Å². The minimum Gasteiger partial charge on any atom is -0.486 e. The van der Waals surface area contributed by atoms with Crippen molar-refractivity contribution in [2.24, 2.45) is 0 Å². The first kappa shape index (κ1) is 11.5. The van der Waals surface area contributed by atoms with Gasteiger partial charge in [-0.05, 0) is 25.5 Å². The van der Waals surface area contributed by atoms with Gasteiger partial charge in [-0.25, -0.2) is 0 Å². The van der Waals surface area contributed by atoms with E-state index in [9.17, 15) is 4.79 Å². The fourth-order valence-electron chi connectivity index (χ4n) is 1.79. The number of carbonyl (C=O) groups excluding carboxylic acids is 1. The molecule has 0 atom stereocenters. The largest absolute Gasteiger partial charge is 0.486 e. The van der Waals surface area contributed by atoms with Crippen LogP contribution >= 0.6 is 15.9 Å². The molecule has 86 valence electrons. The van der Waals surface area contributed by atoms with Crippen LogP contribution in [0.5, 0.6) is 11.5 Å². The number of rotatable bonds is 2. The summed E-state index contributed by atoms with van der Waals surface area (Å²) in [6.45, 7) is 4.68. The topological polar surface area (TPSA) is 35.5 Å². The van der Waals surface area contributed by atoms with Crippen molar-refractivity contribution in [3.8, 4) is 11.5 Å². The van der Waals surface area contributed by atoms with Gasteiger partial charge in [0.2, 0.25) is 0 Å². The molecule has 2 rings (SSSR count). The van der Waals surface area contributed by atoms with E-state index in [0.29, 0.717) is 19.6 Å². The lowest BCUT2D eigenvalue weighted by atomic mass is 10.0. The molecule has 0 saturated heterocycles. The maximum Gasteiger partial charge on any atom is 0.165 e. The van der Waals surface area contributed by atoms with Crippen LogP contribution in [-0.4, -0.2) is 19.0 Å². The quantitative estimate of drug-likeness (QED) is 0.838. The lowest BCUT2D eigenvalue weighted by Gasteiger charge is -2.22. The van der Waals surface area contributed by atoms with Gasteiger partial charge in [0.1, 0.15) is 19.0 Å². The van der Waals surface area contributed by atoms with Gasteiger partial charge in [0, 0.05) is 16.5 Å². The van der Waals surface area contributed by atoms with E-state index < -0.39 is 0 Å². The number of Topliss-reactive ketones (excluding diaryl/α,β-unsaturated/α-hetero) is 1. The second-order valence-electron chi connectivity index (χ2n) is 3.88. The highest BCUT2D eigenvalue weighted by atomic mass is 79.9. The molecule has 0 fully saturated rings. The van der Waals surface area contributed by atoms with E-state index >= 15 is 0 Å². The van der Waals surface area contributed by atoms with E-state index in [-0.39, 0.29) is 5.78 Å². The van der Waals surface area contributed by atoms with Gasteiger partial charge in [-0.1, -0.05) is 15.9 Å². The summed E-state index contributed by atoms with van der Waals surface area (Å²) in [4.78, 5) is 11.2. The monoisotopic (exact) mass is 284 g/mol. The molecule has 0 saturated carbocycles. The van der Waals surface area contributed by atoms with Gasteiger partial charge < -0.3 is 9.47 Å². The molecule has 0 unspecified atom stereocenters. The van der Waals surface area contributed by atoms with E-state index in [1.807, 2.05) is 13.0 Å². The fourth-order valence-corrected chi connectivity index (χ4v) is 2.23. The summed E-state index contributed by atoms with van der Waals surface area (Å²) in [6, 6.07) is 1.88. The maximum atomic E-state index is 11.2. The third-order valence-corrected chi connectivity index (χ3v) is 3.61. The molecule has 0 bridgehead atoms. The summed E-state index contributed by atoms with van der Waals surface area (Å²) in [6.07, 6.45) is 0.415. The van der Waals surface area contributed by atoms with Crippen LogP contribution in [-0.2, 0) is 11.2 Å². The highest BCUT2D eigenvalue weighted by molar-refractivity contribution is 9.10. The maximum absolute atomic E-state index is 11.2. The standard InChI is InChI=1S/C12H13BrO3/c1-7(14)5-9-6-10-12(8(2)11(9)13)16-4-3-15-10/h6H,3-5H2,1-2H3. The summed E-state index contributed by atoms with van der Waals surface area (Å²) in [5.74, 6) is 1.66. The Morgan fingerprint density at radius 1 is 1.44 bits per heavy atom. The Hall–Kier alpha value is -1.03. The predicted octanol–water partition coefficient (Wildman–Crippen LogP) is 2.66. The van der Waals surface area contributed by atoms with Crippen molar-refractivity contribution in [2.75, 3.05) is 13.2 Å². The smallest absolute Gasteiger partial charge is 0.165 e. The fraction of sp³-hybridized carbons (Fsp3) is 0.417. The minimum absolute atomic E-state index is 0.136. The summed E-state index contributed by atoms with van der Waals surface area (Å²) >= 11 is 3.50. The average Bonchev–Trinajstić information content (AvgIpc) is 2.25. The SMILES string of the molecule is CC(=O)Cc1cc2c(c(C)c1Br)OCCO2.